The van der Waals surface area contributed by atoms with Crippen LogP contribution in [0.15, 0.2) is 0 Å². The normalized spacial score (nSPS) is 24.9. The fourth-order valence-corrected chi connectivity index (χ4v) is 5.72. The van der Waals surface area contributed by atoms with E-state index in [1.165, 1.54) is 0 Å². The van der Waals surface area contributed by atoms with E-state index >= 15 is 0 Å². The summed E-state index contributed by atoms with van der Waals surface area (Å²) in [6.07, 6.45) is 0.0110. The topological polar surface area (TPSA) is 162 Å². The Morgan fingerprint density at radius 3 is 1.87 bits per heavy atom. The molecule has 0 radical (unpaired) electrons. The lowest BCUT2D eigenvalue weighted by Crippen LogP contribution is -2.62. The molecule has 2 heterocycles. The van der Waals surface area contributed by atoms with Gasteiger partial charge in [-0.15, -0.1) is 0 Å². The minimum atomic E-state index is -4.45. The molecule has 0 saturated carbocycles. The highest BCUT2D eigenvalue weighted by Gasteiger charge is 2.39. The lowest BCUT2D eigenvalue weighted by molar-refractivity contribution is 0.0322. The number of piperazine rings is 2. The van der Waals surface area contributed by atoms with Crippen molar-refractivity contribution in [1.29, 1.82) is 0 Å². The number of β-amino-alcohol motifs (C(OH)–C–C–N with tert-alkyl or cyclic N) is 2. The van der Waals surface area contributed by atoms with Crippen molar-refractivity contribution in [1.82, 2.24) is 19.6 Å². The molecule has 0 spiro atoms. The molecule has 2 saturated heterocycles. The van der Waals surface area contributed by atoms with Crippen LogP contribution in [0.25, 0.3) is 0 Å². The van der Waals surface area contributed by atoms with Crippen LogP contribution in [0.1, 0.15) is 6.42 Å². The number of hydrogen-bond donors (Lipinski definition) is 4. The average molecular weight is 475 g/mol. The van der Waals surface area contributed by atoms with Crippen molar-refractivity contribution in [3.63, 3.8) is 0 Å². The van der Waals surface area contributed by atoms with E-state index in [1.807, 2.05) is 9.80 Å². The molecular weight excluding hydrogens is 440 g/mol. The predicted molar refractivity (Wildman–Crippen MR) is 110 cm³/mol. The molecular formula is C16H34N4O8S2. The molecule has 0 aliphatic carbocycles. The van der Waals surface area contributed by atoms with Crippen LogP contribution in [0.5, 0.6) is 0 Å². The summed E-state index contributed by atoms with van der Waals surface area (Å²) in [6, 6.07) is -0.519. The fourth-order valence-electron chi connectivity index (χ4n) is 4.13. The van der Waals surface area contributed by atoms with Crippen LogP contribution in [-0.4, -0.2) is 152 Å². The molecule has 2 rings (SSSR count). The monoisotopic (exact) mass is 474 g/mol. The maximum atomic E-state index is 12.2. The highest BCUT2D eigenvalue weighted by Crippen LogP contribution is 2.21. The van der Waals surface area contributed by atoms with Gasteiger partial charge in [-0.05, 0) is 6.42 Å². The number of aliphatic hydroxyl groups excluding tert-OH is 2. The molecule has 0 aromatic rings. The first kappa shape index (κ1) is 25.8. The van der Waals surface area contributed by atoms with Crippen LogP contribution in [0, 0.1) is 0 Å². The first-order valence-corrected chi connectivity index (χ1v) is 13.2. The summed E-state index contributed by atoms with van der Waals surface area (Å²) in [5.41, 5.74) is 0. The summed E-state index contributed by atoms with van der Waals surface area (Å²) in [5, 5.41) is 17.0. The molecule has 0 amide bonds. The summed E-state index contributed by atoms with van der Waals surface area (Å²) in [4.78, 5) is 7.52. The zero-order valence-corrected chi connectivity index (χ0v) is 18.7. The van der Waals surface area contributed by atoms with Crippen molar-refractivity contribution in [2.75, 3.05) is 84.4 Å². The van der Waals surface area contributed by atoms with E-state index in [4.69, 9.17) is 9.66 Å². The Labute approximate surface area is 178 Å². The highest BCUT2D eigenvalue weighted by atomic mass is 32.2. The van der Waals surface area contributed by atoms with Crippen molar-refractivity contribution in [2.45, 2.75) is 17.8 Å². The van der Waals surface area contributed by atoms with Crippen molar-refractivity contribution in [3.05, 3.63) is 0 Å². The van der Waals surface area contributed by atoms with Gasteiger partial charge in [0.05, 0.1) is 19.0 Å². The highest BCUT2D eigenvalue weighted by molar-refractivity contribution is 7.86. The van der Waals surface area contributed by atoms with Gasteiger partial charge in [0.25, 0.3) is 20.2 Å². The van der Waals surface area contributed by atoms with Crippen LogP contribution in [0.4, 0.5) is 0 Å². The van der Waals surface area contributed by atoms with Crippen molar-refractivity contribution in [3.8, 4) is 0 Å². The molecule has 14 heteroatoms. The Balaban J connectivity index is 2.12. The molecule has 178 valence electrons. The Morgan fingerprint density at radius 2 is 1.33 bits per heavy atom. The Morgan fingerprint density at radius 1 is 0.800 bits per heavy atom. The molecule has 30 heavy (non-hydrogen) atoms. The van der Waals surface area contributed by atoms with E-state index < -0.39 is 37.4 Å². The summed E-state index contributed by atoms with van der Waals surface area (Å²) in [7, 11) is -8.67. The summed E-state index contributed by atoms with van der Waals surface area (Å²) >= 11 is 0. The molecule has 2 atom stereocenters. The lowest BCUT2D eigenvalue weighted by Gasteiger charge is -2.45. The maximum absolute atomic E-state index is 12.2. The van der Waals surface area contributed by atoms with Gasteiger partial charge in [0, 0.05) is 71.5 Å². The lowest BCUT2D eigenvalue weighted by atomic mass is 10.1. The molecule has 2 unspecified atom stereocenters. The zero-order chi connectivity index (χ0) is 22.4. The van der Waals surface area contributed by atoms with Gasteiger partial charge in [-0.1, -0.05) is 0 Å². The van der Waals surface area contributed by atoms with E-state index in [0.29, 0.717) is 52.4 Å². The molecule has 0 aromatic heterocycles. The SMILES string of the molecule is O=S(=O)(O)CCC1CN(CCO)CCN1C(CN1CCN(CCO)CC1)S(=O)(=O)O. The van der Waals surface area contributed by atoms with Gasteiger partial charge in [-0.25, -0.2) is 0 Å². The molecule has 0 aromatic carbocycles. The average Bonchev–Trinajstić information content (AvgIpc) is 2.65. The molecule has 2 aliphatic rings. The second kappa shape index (κ2) is 11.4. The third-order valence-electron chi connectivity index (χ3n) is 5.75. The van der Waals surface area contributed by atoms with Crippen LogP contribution in [-0.2, 0) is 20.2 Å². The minimum absolute atomic E-state index is 0.0110. The van der Waals surface area contributed by atoms with E-state index in [2.05, 4.69) is 4.90 Å². The van der Waals surface area contributed by atoms with Crippen LogP contribution in [0.2, 0.25) is 0 Å². The van der Waals surface area contributed by atoms with Crippen LogP contribution >= 0.6 is 0 Å². The number of nitrogens with zero attached hydrogens (tertiary/aromatic N) is 4. The number of hydrogen-bond acceptors (Lipinski definition) is 10. The summed E-state index contributed by atoms with van der Waals surface area (Å²) < 4.78 is 66.1. The van der Waals surface area contributed by atoms with E-state index in [9.17, 15) is 26.5 Å². The van der Waals surface area contributed by atoms with Gasteiger partial charge in [0.15, 0.2) is 5.37 Å². The fraction of sp³-hybridized carbons (Fsp3) is 1.00. The van der Waals surface area contributed by atoms with Crippen molar-refractivity contribution >= 4 is 20.2 Å². The maximum Gasteiger partial charge on any atom is 0.282 e. The second-order valence-corrected chi connectivity index (χ2v) is 11.0. The van der Waals surface area contributed by atoms with Crippen molar-refractivity contribution < 1.29 is 36.2 Å². The standard InChI is InChI=1S/C16H34N4O8S2/c21-10-8-17-2-4-18(5-3-17)14-16(30(26,27)28)20-7-6-19(9-11-22)13-15(20)1-12-29(23,24)25/h15-16,21-22H,1-14H2,(H,23,24,25)(H,26,27,28). The Hall–Kier alpha value is -0.420. The molecule has 2 aliphatic heterocycles. The molecule has 4 N–H and O–H groups in total. The first-order valence-electron chi connectivity index (χ1n) is 10.1. The summed E-state index contributed by atoms with van der Waals surface area (Å²) in [5.74, 6) is -0.515. The minimum Gasteiger partial charge on any atom is -0.395 e. The number of aliphatic hydroxyl groups is 2. The van der Waals surface area contributed by atoms with E-state index in [-0.39, 0.29) is 32.7 Å². The third-order valence-corrected chi connectivity index (χ3v) is 7.61. The van der Waals surface area contributed by atoms with Gasteiger partial charge in [-0.3, -0.25) is 28.7 Å². The van der Waals surface area contributed by atoms with Crippen LogP contribution < -0.4 is 0 Å². The Bertz CT molecular complexity index is 728. The predicted octanol–water partition coefficient (Wildman–Crippen LogP) is -2.93. The van der Waals surface area contributed by atoms with Gasteiger partial charge >= 0.3 is 0 Å². The number of rotatable bonds is 11. The van der Waals surface area contributed by atoms with Gasteiger partial charge < -0.3 is 10.2 Å². The quantitative estimate of drug-likeness (QED) is 0.226. The van der Waals surface area contributed by atoms with Gasteiger partial charge in [-0.2, -0.15) is 16.8 Å². The smallest absolute Gasteiger partial charge is 0.282 e. The van der Waals surface area contributed by atoms with E-state index in [0.717, 1.165) is 0 Å². The largest absolute Gasteiger partial charge is 0.395 e. The van der Waals surface area contributed by atoms with Crippen LogP contribution in [0.3, 0.4) is 0 Å². The Kier molecular flexibility index (Phi) is 9.86. The van der Waals surface area contributed by atoms with E-state index in [1.54, 1.807) is 4.90 Å². The molecule has 0 bridgehead atoms. The molecule has 12 nitrogen and oxygen atoms in total. The van der Waals surface area contributed by atoms with Crippen molar-refractivity contribution in [2.24, 2.45) is 0 Å². The second-order valence-electron chi connectivity index (χ2n) is 7.83. The summed E-state index contributed by atoms with van der Waals surface area (Å²) in [6.45, 7) is 4.60. The zero-order valence-electron chi connectivity index (χ0n) is 17.1. The molecule has 2 fully saturated rings. The van der Waals surface area contributed by atoms with Gasteiger partial charge in [0.2, 0.25) is 0 Å². The third kappa shape index (κ3) is 8.26. The van der Waals surface area contributed by atoms with Gasteiger partial charge in [0.1, 0.15) is 0 Å². The first-order chi connectivity index (χ1) is 14.0.